The zero-order valence-corrected chi connectivity index (χ0v) is 17.6. The summed E-state index contributed by atoms with van der Waals surface area (Å²) >= 11 is 6.58. The van der Waals surface area contributed by atoms with Gasteiger partial charge in [0.2, 0.25) is 0 Å². The van der Waals surface area contributed by atoms with Crippen LogP contribution in [0.2, 0.25) is 5.02 Å². The van der Waals surface area contributed by atoms with Gasteiger partial charge in [0.25, 0.3) is 5.56 Å². The standard InChI is InChI=1S/C22H28ClN5O/c1-25-21-18(11-24)5-4-17(20(21)23)7-16-9-22(10-16)13-28(14-22)6-2-3-15-8-19(29)27-26-12-15/h4-5,8,11-12,16,24-25H,2-3,6-7,9-10,13-14H2,1H3,(H,27,29). The van der Waals surface area contributed by atoms with Gasteiger partial charge in [-0.25, -0.2) is 5.10 Å². The number of H-pyrrole nitrogens is 1. The van der Waals surface area contributed by atoms with Crippen LogP contribution in [0.15, 0.2) is 29.2 Å². The predicted molar refractivity (Wildman–Crippen MR) is 117 cm³/mol. The first-order valence-electron chi connectivity index (χ1n) is 10.3. The van der Waals surface area contributed by atoms with Crippen molar-refractivity contribution in [3.05, 3.63) is 56.5 Å². The highest BCUT2D eigenvalue weighted by molar-refractivity contribution is 6.34. The van der Waals surface area contributed by atoms with Crippen molar-refractivity contribution in [2.75, 3.05) is 32.0 Å². The Bertz CT molecular complexity index is 942. The highest BCUT2D eigenvalue weighted by atomic mass is 35.5. The molecule has 3 N–H and O–H groups in total. The molecule has 2 heterocycles. The van der Waals surface area contributed by atoms with E-state index in [1.807, 2.05) is 13.1 Å². The normalized spacial score (nSPS) is 18.3. The second-order valence-corrected chi connectivity index (χ2v) is 9.02. The molecular weight excluding hydrogens is 386 g/mol. The van der Waals surface area contributed by atoms with Crippen molar-refractivity contribution in [1.82, 2.24) is 15.1 Å². The molecule has 6 nitrogen and oxygen atoms in total. The Kier molecular flexibility index (Phi) is 5.74. The van der Waals surface area contributed by atoms with Gasteiger partial charge >= 0.3 is 0 Å². The molecule has 154 valence electrons. The van der Waals surface area contributed by atoms with E-state index in [4.69, 9.17) is 17.0 Å². The molecule has 0 amide bonds. The van der Waals surface area contributed by atoms with Gasteiger partial charge in [-0.2, -0.15) is 5.10 Å². The molecule has 2 aromatic rings. The van der Waals surface area contributed by atoms with Crippen LogP contribution in [0.4, 0.5) is 5.69 Å². The molecule has 7 heteroatoms. The summed E-state index contributed by atoms with van der Waals surface area (Å²) in [6, 6.07) is 5.70. The van der Waals surface area contributed by atoms with Gasteiger partial charge in [-0.3, -0.25) is 4.79 Å². The highest BCUT2D eigenvalue weighted by Gasteiger charge is 2.51. The summed E-state index contributed by atoms with van der Waals surface area (Å²) in [7, 11) is 1.85. The summed E-state index contributed by atoms with van der Waals surface area (Å²) in [4.78, 5) is 13.8. The zero-order chi connectivity index (χ0) is 20.4. The van der Waals surface area contributed by atoms with Crippen LogP contribution in [-0.2, 0) is 12.8 Å². The molecule has 29 heavy (non-hydrogen) atoms. The molecule has 2 fully saturated rings. The number of rotatable bonds is 8. The first-order valence-corrected chi connectivity index (χ1v) is 10.7. The Balaban J connectivity index is 1.21. The van der Waals surface area contributed by atoms with Gasteiger partial charge < -0.3 is 15.6 Å². The predicted octanol–water partition coefficient (Wildman–Crippen LogP) is 3.35. The van der Waals surface area contributed by atoms with Gasteiger partial charge in [0.15, 0.2) is 0 Å². The molecule has 2 aliphatic rings. The number of halogens is 1. The highest BCUT2D eigenvalue weighted by Crippen LogP contribution is 2.53. The summed E-state index contributed by atoms with van der Waals surface area (Å²) in [5.74, 6) is 0.701. The summed E-state index contributed by atoms with van der Waals surface area (Å²) in [5, 5.41) is 17.7. The molecule has 0 unspecified atom stereocenters. The monoisotopic (exact) mass is 413 g/mol. The van der Waals surface area contributed by atoms with Gasteiger partial charge in [0.05, 0.1) is 16.9 Å². The molecule has 1 aromatic carbocycles. The van der Waals surface area contributed by atoms with Crippen LogP contribution in [0.3, 0.4) is 0 Å². The number of aromatic amines is 1. The van der Waals surface area contributed by atoms with Crippen LogP contribution in [0.5, 0.6) is 0 Å². The number of hydrogen-bond donors (Lipinski definition) is 3. The quantitative estimate of drug-likeness (QED) is 0.579. The van der Waals surface area contributed by atoms with Crippen LogP contribution >= 0.6 is 11.6 Å². The number of benzene rings is 1. The lowest BCUT2D eigenvalue weighted by atomic mass is 9.56. The third-order valence-corrected chi connectivity index (χ3v) is 6.82. The van der Waals surface area contributed by atoms with E-state index in [1.54, 1.807) is 12.3 Å². The van der Waals surface area contributed by atoms with Crippen LogP contribution in [0, 0.1) is 16.7 Å². The molecule has 1 saturated carbocycles. The number of likely N-dealkylation sites (tertiary alicyclic amines) is 1. The molecule has 0 atom stereocenters. The molecular formula is C22H28ClN5O. The molecule has 1 spiro atoms. The average Bonchev–Trinajstić information content (AvgIpc) is 2.65. The van der Waals surface area contributed by atoms with Gasteiger partial charge in [-0.05, 0) is 61.1 Å². The minimum absolute atomic E-state index is 0.125. The van der Waals surface area contributed by atoms with Crippen molar-refractivity contribution < 1.29 is 0 Å². The fraction of sp³-hybridized carbons (Fsp3) is 0.500. The average molecular weight is 414 g/mol. The molecule has 0 radical (unpaired) electrons. The summed E-state index contributed by atoms with van der Waals surface area (Å²) in [5.41, 5.74) is 4.28. The molecule has 0 bridgehead atoms. The van der Waals surface area contributed by atoms with E-state index in [2.05, 4.69) is 26.5 Å². The molecule has 4 rings (SSSR count). The third kappa shape index (κ3) is 4.23. The summed E-state index contributed by atoms with van der Waals surface area (Å²) in [6.07, 6.45) is 8.62. The van der Waals surface area contributed by atoms with Gasteiger partial charge in [-0.1, -0.05) is 23.7 Å². The number of aryl methyl sites for hydroxylation is 1. The van der Waals surface area contributed by atoms with E-state index in [9.17, 15) is 4.79 Å². The summed E-state index contributed by atoms with van der Waals surface area (Å²) < 4.78 is 0. The van der Waals surface area contributed by atoms with E-state index in [1.165, 1.54) is 37.7 Å². The Morgan fingerprint density at radius 1 is 1.41 bits per heavy atom. The molecule has 1 saturated heterocycles. The molecule has 1 aliphatic heterocycles. The number of anilines is 1. The Hall–Kier alpha value is -2.18. The van der Waals surface area contributed by atoms with Crippen LogP contribution in [0.25, 0.3) is 0 Å². The first kappa shape index (κ1) is 20.1. The minimum Gasteiger partial charge on any atom is -0.386 e. The SMILES string of the molecule is CNc1c(C=N)ccc(CC2CC3(C2)CN(CCCc2cn[nH]c(=O)c2)C3)c1Cl. The van der Waals surface area contributed by atoms with E-state index < -0.39 is 0 Å². The topological polar surface area (TPSA) is 84.9 Å². The van der Waals surface area contributed by atoms with Crippen molar-refractivity contribution in [2.45, 2.75) is 32.1 Å². The second kappa shape index (κ2) is 8.28. The molecule has 1 aromatic heterocycles. The smallest absolute Gasteiger partial charge is 0.264 e. The van der Waals surface area contributed by atoms with Crippen molar-refractivity contribution in [3.63, 3.8) is 0 Å². The van der Waals surface area contributed by atoms with Crippen molar-refractivity contribution in [1.29, 1.82) is 5.41 Å². The first-order chi connectivity index (χ1) is 14.0. The third-order valence-electron chi connectivity index (χ3n) is 6.39. The number of hydrogen-bond acceptors (Lipinski definition) is 5. The van der Waals surface area contributed by atoms with E-state index in [-0.39, 0.29) is 5.56 Å². The lowest BCUT2D eigenvalue weighted by Crippen LogP contribution is -2.62. The fourth-order valence-corrected chi connectivity index (χ4v) is 5.51. The van der Waals surface area contributed by atoms with Gasteiger partial charge in [0.1, 0.15) is 0 Å². The number of nitrogens with one attached hydrogen (secondary N) is 3. The maximum atomic E-state index is 11.3. The van der Waals surface area contributed by atoms with Gasteiger partial charge in [-0.15, -0.1) is 0 Å². The van der Waals surface area contributed by atoms with Crippen LogP contribution < -0.4 is 10.9 Å². The Labute approximate surface area is 176 Å². The Morgan fingerprint density at radius 3 is 2.90 bits per heavy atom. The lowest BCUT2D eigenvalue weighted by molar-refractivity contribution is -0.0936. The second-order valence-electron chi connectivity index (χ2n) is 8.64. The zero-order valence-electron chi connectivity index (χ0n) is 16.8. The lowest BCUT2D eigenvalue weighted by Gasteiger charge is -2.59. The largest absolute Gasteiger partial charge is 0.386 e. The number of aromatic nitrogens is 2. The van der Waals surface area contributed by atoms with Crippen molar-refractivity contribution >= 4 is 23.5 Å². The number of nitrogens with zero attached hydrogens (tertiary/aromatic N) is 2. The fourth-order valence-electron chi connectivity index (χ4n) is 5.17. The van der Waals surface area contributed by atoms with Crippen molar-refractivity contribution in [2.24, 2.45) is 11.3 Å². The minimum atomic E-state index is -0.125. The maximum Gasteiger partial charge on any atom is 0.264 e. The maximum absolute atomic E-state index is 11.3. The summed E-state index contributed by atoms with van der Waals surface area (Å²) in [6.45, 7) is 3.47. The van der Waals surface area contributed by atoms with E-state index in [0.717, 1.165) is 47.6 Å². The Morgan fingerprint density at radius 2 is 2.21 bits per heavy atom. The van der Waals surface area contributed by atoms with E-state index in [0.29, 0.717) is 11.3 Å². The van der Waals surface area contributed by atoms with Crippen LogP contribution in [0.1, 0.15) is 36.0 Å². The van der Waals surface area contributed by atoms with E-state index >= 15 is 0 Å². The molecule has 1 aliphatic carbocycles. The van der Waals surface area contributed by atoms with Gasteiger partial charge in [0, 0.05) is 38.0 Å². The van der Waals surface area contributed by atoms with Crippen molar-refractivity contribution in [3.8, 4) is 0 Å². The van der Waals surface area contributed by atoms with Crippen LogP contribution in [-0.4, -0.2) is 48.0 Å².